The van der Waals surface area contributed by atoms with Crippen molar-refractivity contribution in [2.45, 2.75) is 193 Å². The van der Waals surface area contributed by atoms with E-state index >= 15 is 0 Å². The lowest BCUT2D eigenvalue weighted by Crippen LogP contribution is -2.21. The molecule has 2 nitrogen and oxygen atoms in total. The van der Waals surface area contributed by atoms with E-state index in [1.54, 1.807) is 0 Å². The van der Waals surface area contributed by atoms with Gasteiger partial charge in [-0.15, -0.1) is 0 Å². The van der Waals surface area contributed by atoms with Crippen molar-refractivity contribution in [3.63, 3.8) is 0 Å². The van der Waals surface area contributed by atoms with Crippen LogP contribution < -0.4 is 0 Å². The Morgan fingerprint density at radius 2 is 0.952 bits per heavy atom. The fourth-order valence-corrected chi connectivity index (χ4v) is 6.88. The molecule has 2 heteroatoms. The molecule has 0 aliphatic carbocycles. The van der Waals surface area contributed by atoms with Gasteiger partial charge in [0.05, 0.1) is 6.33 Å². The van der Waals surface area contributed by atoms with Crippen molar-refractivity contribution < 1.29 is 0 Å². The largest absolute Gasteiger partial charge is 0.334 e. The van der Waals surface area contributed by atoms with Gasteiger partial charge in [-0.05, 0) is 30.7 Å². The van der Waals surface area contributed by atoms with Gasteiger partial charge >= 0.3 is 0 Å². The summed E-state index contributed by atoms with van der Waals surface area (Å²) in [6.07, 6.45) is 44.3. The van der Waals surface area contributed by atoms with E-state index in [4.69, 9.17) is 0 Å². The highest BCUT2D eigenvalue weighted by molar-refractivity contribution is 5.15. The molecular formula is C40H70N2. The monoisotopic (exact) mass is 579 g/mol. The Balaban J connectivity index is 1.68. The first-order valence-corrected chi connectivity index (χ1v) is 18.9. The normalized spacial score (nSPS) is 13.0. The van der Waals surface area contributed by atoms with E-state index in [1.165, 1.54) is 179 Å². The van der Waals surface area contributed by atoms with Crippen molar-refractivity contribution in [1.82, 2.24) is 9.55 Å². The van der Waals surface area contributed by atoms with Crippen molar-refractivity contribution in [3.05, 3.63) is 54.6 Å². The second-order valence-electron chi connectivity index (χ2n) is 13.4. The molecule has 0 bridgehead atoms. The fraction of sp³-hybridized carbons (Fsp3) is 0.775. The van der Waals surface area contributed by atoms with Crippen LogP contribution in [-0.4, -0.2) is 9.55 Å². The van der Waals surface area contributed by atoms with E-state index < -0.39 is 0 Å². The van der Waals surface area contributed by atoms with Crippen LogP contribution in [0.4, 0.5) is 0 Å². The summed E-state index contributed by atoms with van der Waals surface area (Å²) in [5, 5.41) is 0. The van der Waals surface area contributed by atoms with E-state index in [2.05, 4.69) is 66.3 Å². The van der Waals surface area contributed by atoms with Crippen molar-refractivity contribution in [2.24, 2.45) is 5.92 Å². The molecule has 2 unspecified atom stereocenters. The lowest BCUT2D eigenvalue weighted by atomic mass is 9.84. The summed E-state index contributed by atoms with van der Waals surface area (Å²) in [6.45, 7) is 4.61. The SMILES string of the molecule is CCCCCCCCCCCCCCCCCC(C(CCCCCCCCCCC)Cc1ccccc1)n1ccnc1. The molecule has 2 aromatic rings. The van der Waals surface area contributed by atoms with Gasteiger partial charge in [0.1, 0.15) is 0 Å². The zero-order valence-corrected chi connectivity index (χ0v) is 28.3. The molecule has 0 aliphatic heterocycles. The quantitative estimate of drug-likeness (QED) is 0.0843. The average molecular weight is 579 g/mol. The van der Waals surface area contributed by atoms with E-state index in [-0.39, 0.29) is 0 Å². The van der Waals surface area contributed by atoms with Gasteiger partial charge in [-0.3, -0.25) is 0 Å². The van der Waals surface area contributed by atoms with Crippen LogP contribution in [0.5, 0.6) is 0 Å². The molecule has 1 heterocycles. The van der Waals surface area contributed by atoms with Crippen molar-refractivity contribution in [2.75, 3.05) is 0 Å². The van der Waals surface area contributed by atoms with Gasteiger partial charge in [0.15, 0.2) is 0 Å². The molecule has 42 heavy (non-hydrogen) atoms. The number of rotatable bonds is 30. The summed E-state index contributed by atoms with van der Waals surface area (Å²) >= 11 is 0. The topological polar surface area (TPSA) is 17.8 Å². The summed E-state index contributed by atoms with van der Waals surface area (Å²) in [4.78, 5) is 4.47. The average Bonchev–Trinajstić information content (AvgIpc) is 3.55. The number of benzene rings is 1. The standard InChI is InChI=1S/C40H70N2/c1-3-5-7-9-11-13-14-15-16-17-18-20-22-24-29-33-40(42-35-34-41-37-42)39(36-38-30-26-25-27-31-38)32-28-23-21-19-12-10-8-6-4-2/h25-27,30-31,34-35,37,39-40H,3-24,28-29,32-33,36H2,1-2H3. The molecule has 2 atom stereocenters. The molecule has 1 aromatic carbocycles. The Morgan fingerprint density at radius 3 is 1.38 bits per heavy atom. The fourth-order valence-electron chi connectivity index (χ4n) is 6.88. The molecule has 240 valence electrons. The lowest BCUT2D eigenvalue weighted by molar-refractivity contribution is 0.275. The Morgan fingerprint density at radius 1 is 0.524 bits per heavy atom. The highest BCUT2D eigenvalue weighted by Gasteiger charge is 2.23. The molecule has 0 saturated heterocycles. The number of unbranched alkanes of at least 4 members (excludes halogenated alkanes) is 22. The van der Waals surface area contributed by atoms with Crippen molar-refractivity contribution >= 4 is 0 Å². The zero-order valence-electron chi connectivity index (χ0n) is 28.3. The van der Waals surface area contributed by atoms with Crippen LogP contribution >= 0.6 is 0 Å². The molecule has 2 rings (SSSR count). The van der Waals surface area contributed by atoms with E-state index in [0.29, 0.717) is 12.0 Å². The number of nitrogens with zero attached hydrogens (tertiary/aromatic N) is 2. The molecule has 0 aliphatic rings. The Hall–Kier alpha value is -1.57. The first kappa shape index (κ1) is 36.6. The second kappa shape index (κ2) is 27.0. The molecule has 0 N–H and O–H groups in total. The van der Waals surface area contributed by atoms with Crippen LogP contribution in [0.1, 0.15) is 192 Å². The van der Waals surface area contributed by atoms with Crippen LogP contribution in [0.15, 0.2) is 49.1 Å². The Bertz CT molecular complexity index is 783. The summed E-state index contributed by atoms with van der Waals surface area (Å²) in [7, 11) is 0. The maximum absolute atomic E-state index is 4.47. The van der Waals surface area contributed by atoms with Gasteiger partial charge < -0.3 is 4.57 Å². The predicted molar refractivity (Wildman–Crippen MR) is 186 cm³/mol. The van der Waals surface area contributed by atoms with Gasteiger partial charge in [-0.25, -0.2) is 4.98 Å². The summed E-state index contributed by atoms with van der Waals surface area (Å²) < 4.78 is 2.45. The van der Waals surface area contributed by atoms with Crippen LogP contribution in [-0.2, 0) is 6.42 Å². The lowest BCUT2D eigenvalue weighted by Gasteiger charge is -2.29. The molecule has 0 saturated carbocycles. The third-order valence-electron chi connectivity index (χ3n) is 9.57. The van der Waals surface area contributed by atoms with Gasteiger partial charge in [-0.2, -0.15) is 0 Å². The molecule has 0 radical (unpaired) electrons. The van der Waals surface area contributed by atoms with Crippen LogP contribution in [0.3, 0.4) is 0 Å². The summed E-state index contributed by atoms with van der Waals surface area (Å²) in [6, 6.07) is 11.8. The molecule has 0 fully saturated rings. The minimum absolute atomic E-state index is 0.573. The molecule has 1 aromatic heterocycles. The van der Waals surface area contributed by atoms with Crippen molar-refractivity contribution in [3.8, 4) is 0 Å². The Kier molecular flexibility index (Phi) is 23.6. The van der Waals surface area contributed by atoms with Gasteiger partial charge in [-0.1, -0.05) is 198 Å². The number of imidazole rings is 1. The van der Waals surface area contributed by atoms with Gasteiger partial charge in [0, 0.05) is 18.4 Å². The summed E-state index contributed by atoms with van der Waals surface area (Å²) in [5.41, 5.74) is 1.50. The highest BCUT2D eigenvalue weighted by Crippen LogP contribution is 2.32. The predicted octanol–water partition coefficient (Wildman–Crippen LogP) is 13.5. The zero-order chi connectivity index (χ0) is 29.8. The second-order valence-corrected chi connectivity index (χ2v) is 13.4. The first-order valence-electron chi connectivity index (χ1n) is 18.9. The van der Waals surface area contributed by atoms with Crippen molar-refractivity contribution in [1.29, 1.82) is 0 Å². The minimum Gasteiger partial charge on any atom is -0.334 e. The molecule has 0 amide bonds. The van der Waals surface area contributed by atoms with Gasteiger partial charge in [0.2, 0.25) is 0 Å². The third kappa shape index (κ3) is 18.9. The first-order chi connectivity index (χ1) is 20.8. The van der Waals surface area contributed by atoms with Crippen LogP contribution in [0.25, 0.3) is 0 Å². The summed E-state index contributed by atoms with van der Waals surface area (Å²) in [5.74, 6) is 0.692. The molecule has 0 spiro atoms. The third-order valence-corrected chi connectivity index (χ3v) is 9.57. The van der Waals surface area contributed by atoms with E-state index in [9.17, 15) is 0 Å². The Labute approximate surface area is 262 Å². The van der Waals surface area contributed by atoms with Gasteiger partial charge in [0.25, 0.3) is 0 Å². The van der Waals surface area contributed by atoms with E-state index in [1.807, 2.05) is 6.20 Å². The van der Waals surface area contributed by atoms with Crippen LogP contribution in [0, 0.1) is 5.92 Å². The number of hydrogen-bond acceptors (Lipinski definition) is 1. The number of hydrogen-bond donors (Lipinski definition) is 0. The van der Waals surface area contributed by atoms with E-state index in [0.717, 1.165) is 0 Å². The maximum Gasteiger partial charge on any atom is 0.0948 e. The number of aromatic nitrogens is 2. The minimum atomic E-state index is 0.573. The smallest absolute Gasteiger partial charge is 0.0948 e. The maximum atomic E-state index is 4.47. The molecular weight excluding hydrogens is 508 g/mol. The van der Waals surface area contributed by atoms with Crippen LogP contribution in [0.2, 0.25) is 0 Å². The highest BCUT2D eigenvalue weighted by atomic mass is 15.1.